The van der Waals surface area contributed by atoms with Gasteiger partial charge in [0.15, 0.2) is 0 Å². The van der Waals surface area contributed by atoms with E-state index in [9.17, 15) is 0 Å². The first-order chi connectivity index (χ1) is 8.18. The molecule has 17 heavy (non-hydrogen) atoms. The molecule has 0 saturated carbocycles. The first kappa shape index (κ1) is 17.0. The summed E-state index contributed by atoms with van der Waals surface area (Å²) in [5.74, 6) is 0.647. The molecule has 0 aromatic carbocycles. The quantitative estimate of drug-likeness (QED) is 0.462. The van der Waals surface area contributed by atoms with Gasteiger partial charge in [0.2, 0.25) is 0 Å². The fraction of sp³-hybridized carbons (Fsp3) is 1.00. The summed E-state index contributed by atoms with van der Waals surface area (Å²) in [6.45, 7) is 6.73. The fourth-order valence-electron chi connectivity index (χ4n) is 2.20. The lowest BCUT2D eigenvalue weighted by molar-refractivity contribution is 0.438. The highest BCUT2D eigenvalue weighted by Gasteiger charge is 2.05. The number of hydrogen-bond acceptors (Lipinski definition) is 1. The van der Waals surface area contributed by atoms with Crippen LogP contribution in [0.25, 0.3) is 0 Å². The number of nitrogens with two attached hydrogens (primary N) is 1. The van der Waals surface area contributed by atoms with Crippen LogP contribution in [0, 0.1) is 5.92 Å². The van der Waals surface area contributed by atoms with Gasteiger partial charge in [0.1, 0.15) is 0 Å². The van der Waals surface area contributed by atoms with E-state index in [2.05, 4.69) is 20.8 Å². The Bertz CT molecular complexity index is 142. The molecular weight excluding hydrogens is 206 g/mol. The topological polar surface area (TPSA) is 26.0 Å². The maximum atomic E-state index is 6.03. The summed E-state index contributed by atoms with van der Waals surface area (Å²) in [5.41, 5.74) is 6.03. The highest BCUT2D eigenvalue weighted by molar-refractivity contribution is 4.64. The molecule has 0 bridgehead atoms. The van der Waals surface area contributed by atoms with Crippen molar-refractivity contribution in [3.8, 4) is 0 Å². The van der Waals surface area contributed by atoms with Crippen LogP contribution >= 0.6 is 0 Å². The molecule has 0 aliphatic heterocycles. The van der Waals surface area contributed by atoms with Crippen LogP contribution in [0.4, 0.5) is 0 Å². The lowest BCUT2D eigenvalue weighted by atomic mass is 9.98. The predicted octanol–water partition coefficient (Wildman–Crippen LogP) is 5.28. The van der Waals surface area contributed by atoms with Crippen LogP contribution in [0.5, 0.6) is 0 Å². The molecule has 0 spiro atoms. The molecule has 0 heterocycles. The van der Waals surface area contributed by atoms with Gasteiger partial charge in [-0.1, -0.05) is 85.0 Å². The summed E-state index contributed by atoms with van der Waals surface area (Å²) in [5, 5.41) is 0. The number of rotatable bonds is 12. The molecule has 1 atom stereocenters. The highest BCUT2D eigenvalue weighted by Crippen LogP contribution is 2.13. The van der Waals surface area contributed by atoms with Crippen LogP contribution in [-0.2, 0) is 0 Å². The van der Waals surface area contributed by atoms with Crippen LogP contribution in [0.2, 0.25) is 0 Å². The molecule has 1 nitrogen and oxygen atoms in total. The average Bonchev–Trinajstić information content (AvgIpc) is 2.31. The molecule has 0 aliphatic carbocycles. The average molecular weight is 241 g/mol. The van der Waals surface area contributed by atoms with Gasteiger partial charge >= 0.3 is 0 Å². The van der Waals surface area contributed by atoms with E-state index in [1.54, 1.807) is 0 Å². The number of hydrogen-bond donors (Lipinski definition) is 1. The van der Waals surface area contributed by atoms with Gasteiger partial charge in [-0.15, -0.1) is 0 Å². The molecule has 0 aromatic rings. The highest BCUT2D eigenvalue weighted by atomic mass is 14.6. The summed E-state index contributed by atoms with van der Waals surface area (Å²) < 4.78 is 0. The normalized spacial score (nSPS) is 13.2. The smallest absolute Gasteiger partial charge is 0.00618 e. The van der Waals surface area contributed by atoms with Crippen molar-refractivity contribution in [2.75, 3.05) is 0 Å². The van der Waals surface area contributed by atoms with E-state index in [1.807, 2.05) is 0 Å². The van der Waals surface area contributed by atoms with Gasteiger partial charge in [0.05, 0.1) is 0 Å². The Hall–Kier alpha value is -0.0400. The molecule has 0 aromatic heterocycles. The molecule has 2 N–H and O–H groups in total. The zero-order chi connectivity index (χ0) is 12.9. The van der Waals surface area contributed by atoms with Crippen LogP contribution in [0.3, 0.4) is 0 Å². The lowest BCUT2D eigenvalue weighted by Gasteiger charge is -2.14. The molecule has 0 rings (SSSR count). The minimum atomic E-state index is 0.420. The van der Waals surface area contributed by atoms with E-state index in [1.165, 1.54) is 70.6 Å². The summed E-state index contributed by atoms with van der Waals surface area (Å²) >= 11 is 0. The van der Waals surface area contributed by atoms with Crippen LogP contribution in [0.15, 0.2) is 0 Å². The van der Waals surface area contributed by atoms with Crippen molar-refractivity contribution in [3.05, 3.63) is 0 Å². The van der Waals surface area contributed by atoms with E-state index >= 15 is 0 Å². The fourth-order valence-corrected chi connectivity index (χ4v) is 2.20. The van der Waals surface area contributed by atoms with Crippen molar-refractivity contribution in [3.63, 3.8) is 0 Å². The third kappa shape index (κ3) is 12.2. The van der Waals surface area contributed by atoms with E-state index in [0.29, 0.717) is 12.0 Å². The standard InChI is InChI=1S/C16H35N/c1-4-5-6-7-8-9-10-11-12-13-14-16(17)15(2)3/h15-16H,4-14,17H2,1-3H3. The van der Waals surface area contributed by atoms with Gasteiger partial charge < -0.3 is 5.73 Å². The Balaban J connectivity index is 3.03. The van der Waals surface area contributed by atoms with Crippen molar-refractivity contribution in [1.29, 1.82) is 0 Å². The summed E-state index contributed by atoms with van der Waals surface area (Å²) in [6, 6.07) is 0.420. The van der Waals surface area contributed by atoms with Gasteiger partial charge in [-0.05, 0) is 12.3 Å². The molecule has 1 heteroatoms. The van der Waals surface area contributed by atoms with Crippen LogP contribution < -0.4 is 5.73 Å². The second-order valence-electron chi connectivity index (χ2n) is 5.88. The maximum Gasteiger partial charge on any atom is 0.00618 e. The van der Waals surface area contributed by atoms with E-state index in [4.69, 9.17) is 5.73 Å². The third-order valence-electron chi connectivity index (χ3n) is 3.75. The van der Waals surface area contributed by atoms with Crippen molar-refractivity contribution >= 4 is 0 Å². The Morgan fingerprint density at radius 2 is 1.12 bits per heavy atom. The van der Waals surface area contributed by atoms with Gasteiger partial charge in [0.25, 0.3) is 0 Å². The molecule has 0 amide bonds. The molecule has 104 valence electrons. The maximum absolute atomic E-state index is 6.03. The van der Waals surface area contributed by atoms with Gasteiger partial charge in [-0.2, -0.15) is 0 Å². The molecule has 0 saturated heterocycles. The first-order valence-electron chi connectivity index (χ1n) is 7.94. The first-order valence-corrected chi connectivity index (χ1v) is 7.94. The summed E-state index contributed by atoms with van der Waals surface area (Å²) in [4.78, 5) is 0. The molecular formula is C16H35N. The minimum absolute atomic E-state index is 0.420. The Labute approximate surface area is 110 Å². The molecule has 0 fully saturated rings. The van der Waals surface area contributed by atoms with Crippen molar-refractivity contribution in [1.82, 2.24) is 0 Å². The zero-order valence-corrected chi connectivity index (χ0v) is 12.5. The molecule has 1 unspecified atom stereocenters. The zero-order valence-electron chi connectivity index (χ0n) is 12.5. The minimum Gasteiger partial charge on any atom is -0.327 e. The SMILES string of the molecule is CCCCCCCCCCCCC(N)C(C)C. The molecule has 0 aliphatic rings. The largest absolute Gasteiger partial charge is 0.327 e. The number of unbranched alkanes of at least 4 members (excludes halogenated alkanes) is 9. The van der Waals surface area contributed by atoms with E-state index in [0.717, 1.165) is 0 Å². The van der Waals surface area contributed by atoms with Crippen molar-refractivity contribution in [2.45, 2.75) is 97.4 Å². The Kier molecular flexibility index (Phi) is 12.4. The Morgan fingerprint density at radius 3 is 1.53 bits per heavy atom. The van der Waals surface area contributed by atoms with Gasteiger partial charge in [-0.25, -0.2) is 0 Å². The van der Waals surface area contributed by atoms with Gasteiger partial charge in [0, 0.05) is 6.04 Å². The van der Waals surface area contributed by atoms with E-state index in [-0.39, 0.29) is 0 Å². The van der Waals surface area contributed by atoms with E-state index < -0.39 is 0 Å². The second kappa shape index (κ2) is 12.4. The van der Waals surface area contributed by atoms with Crippen molar-refractivity contribution in [2.24, 2.45) is 11.7 Å². The lowest BCUT2D eigenvalue weighted by Crippen LogP contribution is -2.25. The van der Waals surface area contributed by atoms with Crippen LogP contribution in [-0.4, -0.2) is 6.04 Å². The monoisotopic (exact) mass is 241 g/mol. The summed E-state index contributed by atoms with van der Waals surface area (Å²) in [7, 11) is 0. The summed E-state index contributed by atoms with van der Waals surface area (Å²) in [6.07, 6.45) is 15.3. The Morgan fingerprint density at radius 1 is 0.706 bits per heavy atom. The third-order valence-corrected chi connectivity index (χ3v) is 3.75. The second-order valence-corrected chi connectivity index (χ2v) is 5.88. The van der Waals surface area contributed by atoms with Crippen molar-refractivity contribution < 1.29 is 0 Å². The molecule has 0 radical (unpaired) electrons. The predicted molar refractivity (Wildman–Crippen MR) is 79.3 cm³/mol. The van der Waals surface area contributed by atoms with Crippen LogP contribution in [0.1, 0.15) is 91.4 Å². The van der Waals surface area contributed by atoms with Gasteiger partial charge in [-0.3, -0.25) is 0 Å².